The van der Waals surface area contributed by atoms with E-state index in [-0.39, 0.29) is 18.1 Å². The van der Waals surface area contributed by atoms with Crippen molar-refractivity contribution in [2.24, 2.45) is 0 Å². The second kappa shape index (κ2) is 7.02. The maximum Gasteiger partial charge on any atom is 0.414 e. The Morgan fingerprint density at radius 1 is 1.45 bits per heavy atom. The van der Waals surface area contributed by atoms with Crippen molar-refractivity contribution in [1.29, 1.82) is 0 Å². The van der Waals surface area contributed by atoms with Gasteiger partial charge in [-0.05, 0) is 17.7 Å². The summed E-state index contributed by atoms with van der Waals surface area (Å²) in [5, 5.41) is 15.4. The van der Waals surface area contributed by atoms with Gasteiger partial charge < -0.3 is 9.84 Å². The van der Waals surface area contributed by atoms with Crippen molar-refractivity contribution in [3.63, 3.8) is 0 Å². The van der Waals surface area contributed by atoms with Crippen LogP contribution in [-0.4, -0.2) is 38.5 Å². The quantitative estimate of drug-likeness (QED) is 0.787. The van der Waals surface area contributed by atoms with Gasteiger partial charge in [0.25, 0.3) is 5.95 Å². The molecule has 114 valence electrons. The van der Waals surface area contributed by atoms with Crippen LogP contribution >= 0.6 is 0 Å². The molecule has 0 aliphatic carbocycles. The van der Waals surface area contributed by atoms with E-state index < -0.39 is 12.1 Å². The van der Waals surface area contributed by atoms with Gasteiger partial charge in [-0.3, -0.25) is 5.32 Å². The summed E-state index contributed by atoms with van der Waals surface area (Å²) in [7, 11) is 0. The van der Waals surface area contributed by atoms with Gasteiger partial charge in [0.2, 0.25) is 0 Å². The number of carbonyl (C=O) groups is 2. The lowest BCUT2D eigenvalue weighted by Crippen LogP contribution is -2.15. The fourth-order valence-electron chi connectivity index (χ4n) is 1.68. The number of nitrogens with one attached hydrogen (secondary N) is 1. The van der Waals surface area contributed by atoms with Crippen LogP contribution in [-0.2, 0) is 11.3 Å². The van der Waals surface area contributed by atoms with Crippen LogP contribution in [0.1, 0.15) is 15.9 Å². The van der Waals surface area contributed by atoms with E-state index >= 15 is 0 Å². The number of anilines is 1. The zero-order valence-electron chi connectivity index (χ0n) is 11.6. The Morgan fingerprint density at radius 2 is 2.27 bits per heavy atom. The van der Waals surface area contributed by atoms with E-state index in [2.05, 4.69) is 22.0 Å². The van der Waals surface area contributed by atoms with Gasteiger partial charge in [0.05, 0.1) is 12.1 Å². The molecule has 0 spiro atoms. The number of aromatic carboxylic acids is 1. The molecule has 0 atom stereocenters. The first-order valence-corrected chi connectivity index (χ1v) is 6.35. The second-order valence-electron chi connectivity index (χ2n) is 4.28. The van der Waals surface area contributed by atoms with Crippen molar-refractivity contribution in [3.8, 4) is 0 Å². The molecule has 0 aliphatic rings. The van der Waals surface area contributed by atoms with Crippen LogP contribution in [0.2, 0.25) is 0 Å². The molecular formula is C14H14N4O4. The minimum Gasteiger partial charge on any atom is -0.478 e. The zero-order chi connectivity index (χ0) is 15.9. The zero-order valence-corrected chi connectivity index (χ0v) is 11.6. The van der Waals surface area contributed by atoms with E-state index in [1.165, 1.54) is 23.2 Å². The first-order valence-electron chi connectivity index (χ1n) is 6.35. The standard InChI is InChI=1S/C14H14N4O4/c1-2-6-22-14(21)16-13-15-9-18(17-13)8-10-4-3-5-11(7-10)12(19)20/h2-5,7,9H,1,6,8H2,(H,19,20)(H,16,17,21). The number of hydrogen-bond acceptors (Lipinski definition) is 5. The molecule has 2 rings (SSSR count). The fraction of sp³-hybridized carbons (Fsp3) is 0.143. The van der Waals surface area contributed by atoms with Crippen molar-refractivity contribution in [2.45, 2.75) is 6.54 Å². The third kappa shape index (κ3) is 4.17. The molecule has 8 heteroatoms. The van der Waals surface area contributed by atoms with E-state index in [1.807, 2.05) is 0 Å². The summed E-state index contributed by atoms with van der Waals surface area (Å²) in [6.45, 7) is 3.85. The van der Waals surface area contributed by atoms with Crippen LogP contribution in [0.5, 0.6) is 0 Å². The number of benzene rings is 1. The first kappa shape index (κ1) is 15.2. The van der Waals surface area contributed by atoms with Crippen LogP contribution in [0.25, 0.3) is 0 Å². The van der Waals surface area contributed by atoms with Gasteiger partial charge in [0.15, 0.2) is 0 Å². The lowest BCUT2D eigenvalue weighted by molar-refractivity contribution is 0.0696. The van der Waals surface area contributed by atoms with Crippen molar-refractivity contribution < 1.29 is 19.4 Å². The van der Waals surface area contributed by atoms with E-state index in [9.17, 15) is 9.59 Å². The van der Waals surface area contributed by atoms with Crippen molar-refractivity contribution in [1.82, 2.24) is 14.8 Å². The Bertz CT molecular complexity index is 696. The topological polar surface area (TPSA) is 106 Å². The number of rotatable bonds is 6. The molecule has 1 heterocycles. The minimum atomic E-state index is -0.993. The van der Waals surface area contributed by atoms with E-state index in [4.69, 9.17) is 9.84 Å². The molecule has 0 fully saturated rings. The second-order valence-corrected chi connectivity index (χ2v) is 4.28. The SMILES string of the molecule is C=CCOC(=O)Nc1ncn(Cc2cccc(C(=O)O)c2)n1. The number of aromatic nitrogens is 3. The summed E-state index contributed by atoms with van der Waals surface area (Å²) >= 11 is 0. The molecular weight excluding hydrogens is 288 g/mol. The predicted molar refractivity (Wildman–Crippen MR) is 77.7 cm³/mol. The van der Waals surface area contributed by atoms with Gasteiger partial charge in [-0.25, -0.2) is 19.3 Å². The molecule has 1 aromatic carbocycles. The Balaban J connectivity index is 2.00. The summed E-state index contributed by atoms with van der Waals surface area (Å²) in [5.74, 6) is -0.892. The number of carboxylic acids is 1. The highest BCUT2D eigenvalue weighted by Crippen LogP contribution is 2.08. The molecule has 0 bridgehead atoms. The maximum absolute atomic E-state index is 11.3. The van der Waals surface area contributed by atoms with E-state index in [0.29, 0.717) is 6.54 Å². The smallest absolute Gasteiger partial charge is 0.414 e. The van der Waals surface area contributed by atoms with Gasteiger partial charge in [0, 0.05) is 0 Å². The molecule has 1 aromatic heterocycles. The monoisotopic (exact) mass is 302 g/mol. The van der Waals surface area contributed by atoms with Crippen LogP contribution in [0, 0.1) is 0 Å². The number of amides is 1. The first-order chi connectivity index (χ1) is 10.6. The Kier molecular flexibility index (Phi) is 4.86. The minimum absolute atomic E-state index is 0.0918. The van der Waals surface area contributed by atoms with Crippen molar-refractivity contribution in [3.05, 3.63) is 54.4 Å². The highest BCUT2D eigenvalue weighted by Gasteiger charge is 2.08. The summed E-state index contributed by atoms with van der Waals surface area (Å²) in [5.41, 5.74) is 0.953. The number of carbonyl (C=O) groups excluding carboxylic acids is 1. The Labute approximate surface area is 126 Å². The largest absolute Gasteiger partial charge is 0.478 e. The third-order valence-electron chi connectivity index (χ3n) is 2.60. The molecule has 0 radical (unpaired) electrons. The third-order valence-corrected chi connectivity index (χ3v) is 2.60. The lowest BCUT2D eigenvalue weighted by atomic mass is 10.1. The number of ether oxygens (including phenoxy) is 1. The van der Waals surface area contributed by atoms with Gasteiger partial charge >= 0.3 is 12.1 Å². The molecule has 0 saturated heterocycles. The normalized spacial score (nSPS) is 10.0. The predicted octanol–water partition coefficient (Wildman–Crippen LogP) is 1.76. The summed E-state index contributed by atoms with van der Waals surface area (Å²) in [6.07, 6.45) is 2.20. The molecule has 8 nitrogen and oxygen atoms in total. The average molecular weight is 302 g/mol. The molecule has 0 aliphatic heterocycles. The van der Waals surface area contributed by atoms with Crippen LogP contribution in [0.4, 0.5) is 10.7 Å². The van der Waals surface area contributed by atoms with Crippen LogP contribution in [0.3, 0.4) is 0 Å². The highest BCUT2D eigenvalue weighted by atomic mass is 16.5. The van der Waals surface area contributed by atoms with Crippen molar-refractivity contribution in [2.75, 3.05) is 11.9 Å². The Morgan fingerprint density at radius 3 is 3.00 bits per heavy atom. The fourth-order valence-corrected chi connectivity index (χ4v) is 1.68. The van der Waals surface area contributed by atoms with Crippen LogP contribution < -0.4 is 5.32 Å². The van der Waals surface area contributed by atoms with Crippen LogP contribution in [0.15, 0.2) is 43.2 Å². The maximum atomic E-state index is 11.3. The van der Waals surface area contributed by atoms with E-state index in [1.54, 1.807) is 18.2 Å². The number of carboxylic acid groups (broad SMARTS) is 1. The summed E-state index contributed by atoms with van der Waals surface area (Å²) < 4.78 is 6.22. The molecule has 0 saturated carbocycles. The van der Waals surface area contributed by atoms with Gasteiger partial charge in [-0.15, -0.1) is 5.10 Å². The number of nitrogens with zero attached hydrogens (tertiary/aromatic N) is 3. The number of hydrogen-bond donors (Lipinski definition) is 2. The van der Waals surface area contributed by atoms with Gasteiger partial charge in [-0.2, -0.15) is 0 Å². The van der Waals surface area contributed by atoms with Gasteiger partial charge in [-0.1, -0.05) is 24.8 Å². The Hall–Kier alpha value is -3.16. The summed E-state index contributed by atoms with van der Waals surface area (Å²) in [6, 6.07) is 6.49. The van der Waals surface area contributed by atoms with Crippen molar-refractivity contribution >= 4 is 18.0 Å². The molecule has 2 aromatic rings. The molecule has 0 unspecified atom stereocenters. The molecule has 1 amide bonds. The molecule has 2 N–H and O–H groups in total. The molecule has 22 heavy (non-hydrogen) atoms. The average Bonchev–Trinajstić information content (AvgIpc) is 2.92. The van der Waals surface area contributed by atoms with E-state index in [0.717, 1.165) is 5.56 Å². The van der Waals surface area contributed by atoms with Gasteiger partial charge in [0.1, 0.15) is 12.9 Å². The lowest BCUT2D eigenvalue weighted by Gasteiger charge is -2.03. The highest BCUT2D eigenvalue weighted by molar-refractivity contribution is 5.87. The summed E-state index contributed by atoms with van der Waals surface area (Å²) in [4.78, 5) is 26.2.